The van der Waals surface area contributed by atoms with Gasteiger partial charge in [0.15, 0.2) is 0 Å². The molecule has 1 aromatic rings. The van der Waals surface area contributed by atoms with Crippen molar-refractivity contribution in [2.24, 2.45) is 0 Å². The highest BCUT2D eigenvalue weighted by Gasteiger charge is 1.93. The van der Waals surface area contributed by atoms with Crippen molar-refractivity contribution in [1.29, 1.82) is 0 Å². The molecule has 1 aromatic carbocycles. The van der Waals surface area contributed by atoms with Gasteiger partial charge in [0.1, 0.15) is 0 Å². The molecule has 0 heterocycles. The average Bonchev–Trinajstić information content (AvgIpc) is 1.95. The lowest BCUT2D eigenvalue weighted by Crippen LogP contribution is -2.14. The van der Waals surface area contributed by atoms with E-state index in [4.69, 9.17) is 28.2 Å². The number of hydrogen-bond acceptors (Lipinski definition) is 1. The summed E-state index contributed by atoms with van der Waals surface area (Å²) >= 11 is 11.3. The zero-order chi connectivity index (χ0) is 7.56. The largest absolute Gasteiger partial charge is 0.668 e. The Bertz CT molecular complexity index is 239. The highest BCUT2D eigenvalue weighted by atomic mass is 35.5. The van der Waals surface area contributed by atoms with Crippen molar-refractivity contribution in [1.82, 2.24) is 0 Å². The average molecular weight is 174 g/mol. The Balaban J connectivity index is 3.14. The van der Waals surface area contributed by atoms with Crippen LogP contribution < -0.4 is 5.46 Å². The third kappa shape index (κ3) is 1.46. The van der Waals surface area contributed by atoms with Crippen LogP contribution in [0, 0.1) is 0 Å². The van der Waals surface area contributed by atoms with Gasteiger partial charge in [-0.1, -0.05) is 35.3 Å². The summed E-state index contributed by atoms with van der Waals surface area (Å²) in [7, 11) is 0.925. The molecule has 0 aliphatic heterocycles. The predicted octanol–water partition coefficient (Wildman–Crippen LogP) is 1.23. The fraction of sp³-hybridized carbons (Fsp3) is 0. The second kappa shape index (κ2) is 3.29. The van der Waals surface area contributed by atoms with Gasteiger partial charge < -0.3 is 5.02 Å². The fourth-order valence-corrected chi connectivity index (χ4v) is 0.977. The van der Waals surface area contributed by atoms with Crippen LogP contribution in [0.3, 0.4) is 0 Å². The molecule has 0 fully saturated rings. The molecule has 0 aromatic heterocycles. The topological polar surface area (TPSA) is 20.2 Å². The molecule has 4 heteroatoms. The van der Waals surface area contributed by atoms with Crippen molar-refractivity contribution >= 4 is 36.1 Å². The number of rotatable bonds is 1. The SMILES string of the molecule is O[B-]c1cccc(Cl)c1Cl. The molecule has 1 nitrogen and oxygen atoms in total. The first-order chi connectivity index (χ1) is 4.75. The minimum absolute atomic E-state index is 0.381. The smallest absolute Gasteiger partial charge is 0.0558 e. The molecule has 0 atom stereocenters. The van der Waals surface area contributed by atoms with Crippen LogP contribution in [0.4, 0.5) is 0 Å². The lowest BCUT2D eigenvalue weighted by Gasteiger charge is -2.10. The van der Waals surface area contributed by atoms with Crippen molar-refractivity contribution in [3.8, 4) is 0 Å². The molecule has 10 heavy (non-hydrogen) atoms. The fourth-order valence-electron chi connectivity index (χ4n) is 0.620. The summed E-state index contributed by atoms with van der Waals surface area (Å²) in [6.45, 7) is 0. The van der Waals surface area contributed by atoms with Crippen LogP contribution in [0.25, 0.3) is 0 Å². The van der Waals surface area contributed by atoms with Crippen LogP contribution in [0.5, 0.6) is 0 Å². The zero-order valence-corrected chi connectivity index (χ0v) is 6.52. The van der Waals surface area contributed by atoms with E-state index < -0.39 is 0 Å². The maximum absolute atomic E-state index is 8.57. The van der Waals surface area contributed by atoms with E-state index in [1.807, 2.05) is 0 Å². The van der Waals surface area contributed by atoms with Gasteiger partial charge in [-0.3, -0.25) is 0 Å². The van der Waals surface area contributed by atoms with E-state index in [0.717, 1.165) is 7.48 Å². The third-order valence-electron chi connectivity index (χ3n) is 1.12. The molecular formula is C6H4BCl2O-. The first-order valence-corrected chi connectivity index (χ1v) is 3.42. The Morgan fingerprint density at radius 1 is 1.30 bits per heavy atom. The normalized spacial score (nSPS) is 9.90. The quantitative estimate of drug-likeness (QED) is 0.634. The minimum atomic E-state index is 0.381. The predicted molar refractivity (Wildman–Crippen MR) is 44.1 cm³/mol. The van der Waals surface area contributed by atoms with Crippen LogP contribution in [0.15, 0.2) is 18.2 Å². The third-order valence-corrected chi connectivity index (χ3v) is 1.95. The van der Waals surface area contributed by atoms with Gasteiger partial charge in [0.2, 0.25) is 0 Å². The summed E-state index contributed by atoms with van der Waals surface area (Å²) in [5.74, 6) is 0. The molecule has 0 saturated carbocycles. The van der Waals surface area contributed by atoms with Crippen LogP contribution >= 0.6 is 23.2 Å². The molecule has 0 bridgehead atoms. The van der Waals surface area contributed by atoms with Gasteiger partial charge in [-0.15, -0.1) is 7.48 Å². The summed E-state index contributed by atoms with van der Waals surface area (Å²) in [4.78, 5) is 0. The van der Waals surface area contributed by atoms with Gasteiger partial charge in [-0.2, -0.15) is 0 Å². The van der Waals surface area contributed by atoms with Crippen molar-refractivity contribution in [2.45, 2.75) is 0 Å². The summed E-state index contributed by atoms with van der Waals surface area (Å²) in [5.41, 5.74) is 0.536. The van der Waals surface area contributed by atoms with Gasteiger partial charge in [-0.25, -0.2) is 5.46 Å². The van der Waals surface area contributed by atoms with E-state index in [1.54, 1.807) is 18.2 Å². The van der Waals surface area contributed by atoms with E-state index in [1.165, 1.54) is 0 Å². The van der Waals surface area contributed by atoms with Crippen LogP contribution in [-0.2, 0) is 0 Å². The summed E-state index contributed by atoms with van der Waals surface area (Å²) in [6.07, 6.45) is 0. The van der Waals surface area contributed by atoms with Crippen LogP contribution in [0.2, 0.25) is 10.0 Å². The number of halogens is 2. The van der Waals surface area contributed by atoms with E-state index in [0.29, 0.717) is 15.5 Å². The van der Waals surface area contributed by atoms with Crippen LogP contribution in [-0.4, -0.2) is 12.5 Å². The molecule has 2 radical (unpaired) electrons. The first-order valence-electron chi connectivity index (χ1n) is 2.67. The van der Waals surface area contributed by atoms with Gasteiger partial charge in [0, 0.05) is 5.02 Å². The molecule has 1 rings (SSSR count). The van der Waals surface area contributed by atoms with Gasteiger partial charge in [-0.05, 0) is 6.07 Å². The second-order valence-corrected chi connectivity index (χ2v) is 2.56. The standard InChI is InChI=1S/C6H4BCl2O/c8-5-3-1-2-4(7-10)6(5)9/h1-3,10H/q-1. The zero-order valence-electron chi connectivity index (χ0n) is 5.01. The Morgan fingerprint density at radius 3 is 2.50 bits per heavy atom. The summed E-state index contributed by atoms with van der Waals surface area (Å²) in [5, 5.41) is 9.40. The summed E-state index contributed by atoms with van der Waals surface area (Å²) in [6, 6.07) is 5.06. The van der Waals surface area contributed by atoms with Crippen molar-refractivity contribution < 1.29 is 5.02 Å². The van der Waals surface area contributed by atoms with Crippen molar-refractivity contribution in [2.75, 3.05) is 0 Å². The lowest BCUT2D eigenvalue weighted by atomic mass is 9.89. The van der Waals surface area contributed by atoms with E-state index in [-0.39, 0.29) is 0 Å². The Kier molecular flexibility index (Phi) is 2.60. The Hall–Kier alpha value is -0.175. The monoisotopic (exact) mass is 173 g/mol. The highest BCUT2D eigenvalue weighted by Crippen LogP contribution is 2.17. The maximum Gasteiger partial charge on any atom is 0.0558 e. The molecule has 0 aliphatic carbocycles. The van der Waals surface area contributed by atoms with Gasteiger partial charge >= 0.3 is 0 Å². The van der Waals surface area contributed by atoms with E-state index in [2.05, 4.69) is 0 Å². The molecule has 0 spiro atoms. The van der Waals surface area contributed by atoms with Gasteiger partial charge in [0.25, 0.3) is 0 Å². The highest BCUT2D eigenvalue weighted by molar-refractivity contribution is 6.55. The van der Waals surface area contributed by atoms with Crippen LogP contribution in [0.1, 0.15) is 0 Å². The van der Waals surface area contributed by atoms with Gasteiger partial charge in [0.05, 0.1) is 5.02 Å². The molecule has 52 valence electrons. The van der Waals surface area contributed by atoms with Crippen molar-refractivity contribution in [3.63, 3.8) is 0 Å². The Labute approximate surface area is 69.9 Å². The molecule has 1 N–H and O–H groups in total. The second-order valence-electron chi connectivity index (χ2n) is 1.77. The maximum atomic E-state index is 8.57. The molecule has 0 unspecified atom stereocenters. The molecule has 0 saturated heterocycles. The Morgan fingerprint density at radius 2 is 2.00 bits per heavy atom. The summed E-state index contributed by atoms with van der Waals surface area (Å²) < 4.78 is 0. The number of benzene rings is 1. The van der Waals surface area contributed by atoms with Crippen molar-refractivity contribution in [3.05, 3.63) is 28.2 Å². The van der Waals surface area contributed by atoms with E-state index >= 15 is 0 Å². The molecular weight excluding hydrogens is 170 g/mol. The molecule has 0 aliphatic rings. The minimum Gasteiger partial charge on any atom is -0.668 e. The number of hydrogen-bond donors (Lipinski definition) is 1. The van der Waals surface area contributed by atoms with E-state index in [9.17, 15) is 0 Å². The lowest BCUT2D eigenvalue weighted by molar-refractivity contribution is 0.615. The molecule has 0 amide bonds. The first kappa shape index (κ1) is 7.93.